The molecule has 5 aromatic carbocycles. The fourth-order valence-corrected chi connectivity index (χ4v) is 15.4. The van der Waals surface area contributed by atoms with Crippen molar-refractivity contribution in [1.29, 1.82) is 0 Å². The lowest BCUT2D eigenvalue weighted by molar-refractivity contribution is -0.138. The van der Waals surface area contributed by atoms with Crippen molar-refractivity contribution in [2.75, 3.05) is 12.4 Å². The number of hydrogen-bond donors (Lipinski definition) is 3. The molecule has 65 heavy (non-hydrogen) atoms. The average molecular weight is 909 g/mol. The zero-order valence-corrected chi connectivity index (χ0v) is 39.4. The zero-order chi connectivity index (χ0) is 45.9. The van der Waals surface area contributed by atoms with Gasteiger partial charge in [0, 0.05) is 12.3 Å². The van der Waals surface area contributed by atoms with Crippen LogP contribution in [-0.2, 0) is 19.5 Å². The number of anilines is 1. The molecule has 2 aromatic heterocycles. The minimum Gasteiger partial charge on any atom is -0.497 e. The summed E-state index contributed by atoms with van der Waals surface area (Å²) in [4.78, 5) is 48.6. The van der Waals surface area contributed by atoms with Crippen LogP contribution in [-0.4, -0.2) is 53.2 Å². The molecule has 1 aliphatic rings. The predicted octanol–water partition coefficient (Wildman–Crippen LogP) is 8.93. The first kappa shape index (κ1) is 45.4. The fraction of sp³-hybridized carbons (Fsp3) is 0.308. The van der Waals surface area contributed by atoms with E-state index in [4.69, 9.17) is 18.9 Å². The van der Waals surface area contributed by atoms with Gasteiger partial charge in [0.2, 0.25) is 5.95 Å². The van der Waals surface area contributed by atoms with E-state index in [1.54, 1.807) is 7.11 Å². The molecule has 0 bridgehead atoms. The topological polar surface area (TPSA) is 145 Å². The van der Waals surface area contributed by atoms with E-state index in [9.17, 15) is 19.5 Å². The van der Waals surface area contributed by atoms with Crippen LogP contribution in [0, 0.1) is 11.8 Å². The number of nitrogens with one attached hydrogen (secondary N) is 2. The van der Waals surface area contributed by atoms with E-state index in [-0.39, 0.29) is 27.8 Å². The molecule has 3 N–H and O–H groups in total. The highest BCUT2D eigenvalue weighted by Gasteiger charge is 2.54. The van der Waals surface area contributed by atoms with Crippen LogP contribution in [0.25, 0.3) is 10.3 Å². The number of methoxy groups -OCH3 is 1. The average Bonchev–Trinajstić information content (AvgIpc) is 3.90. The van der Waals surface area contributed by atoms with Crippen LogP contribution in [0.5, 0.6) is 5.75 Å². The number of aliphatic carboxylic acids is 1. The number of fused-ring (bicyclic) bond motifs is 1. The maximum Gasteiger partial charge on any atom is 0.311 e. The molecule has 11 nitrogen and oxygen atoms in total. The van der Waals surface area contributed by atoms with Gasteiger partial charge in [-0.1, -0.05) is 179 Å². The molecule has 336 valence electrons. The van der Waals surface area contributed by atoms with Crippen LogP contribution in [0.1, 0.15) is 76.8 Å². The molecule has 8 rings (SSSR count). The highest BCUT2D eigenvalue weighted by atomic mass is 32.1. The van der Waals surface area contributed by atoms with E-state index in [1.807, 2.05) is 104 Å². The van der Waals surface area contributed by atoms with Crippen molar-refractivity contribution < 1.29 is 23.8 Å². The molecule has 0 saturated carbocycles. The molecule has 0 spiro atoms. The Morgan fingerprint density at radius 3 is 1.88 bits per heavy atom. The molecule has 1 fully saturated rings. The Labute approximate surface area is 384 Å². The van der Waals surface area contributed by atoms with Crippen LogP contribution < -0.4 is 30.9 Å². The number of carboxylic acids is 1. The second-order valence-electron chi connectivity index (χ2n) is 17.9. The van der Waals surface area contributed by atoms with Crippen LogP contribution in [0.4, 0.5) is 5.95 Å². The molecule has 7 aromatic rings. The standard InChI is InChI=1S/C52H56N4O7SSi/c1-7-42(63-65(51(3,4)5,39-24-16-10-17-25-39)40-26-18-11-19-27-40)43-33-41(34(2)32-44(57)58)48(62-43)56-46-45(64-50(56)60)47(59)54-49(53-46)55-52(35-20-12-8-13-21-35,36-22-14-9-15-23-36)37-28-30-38(61-6)31-29-37/h8-31,34,41-43,48H,7,32-33H2,1-6H3,(H,57,58)(H2,53,54,55,59)/t34-,41+,42+,43+,48-/m1/s1. The number of hydrogen-bond acceptors (Lipinski definition) is 9. The summed E-state index contributed by atoms with van der Waals surface area (Å²) in [5, 5.41) is 15.7. The van der Waals surface area contributed by atoms with Crippen molar-refractivity contribution >= 4 is 52.3 Å². The van der Waals surface area contributed by atoms with Crippen molar-refractivity contribution in [3.05, 3.63) is 182 Å². The monoisotopic (exact) mass is 908 g/mol. The van der Waals surface area contributed by atoms with Gasteiger partial charge in [0.25, 0.3) is 13.9 Å². The molecule has 5 atom stereocenters. The third-order valence-electron chi connectivity index (χ3n) is 12.9. The number of carboxylic acid groups (broad SMARTS) is 1. The van der Waals surface area contributed by atoms with Gasteiger partial charge in [-0.15, -0.1) is 0 Å². The Kier molecular flexibility index (Phi) is 13.1. The second kappa shape index (κ2) is 18.8. The summed E-state index contributed by atoms with van der Waals surface area (Å²) in [5.41, 5.74) is 1.16. The summed E-state index contributed by atoms with van der Waals surface area (Å²) in [6.45, 7) is 10.7. The van der Waals surface area contributed by atoms with E-state index in [0.29, 0.717) is 18.6 Å². The van der Waals surface area contributed by atoms with Crippen LogP contribution in [0.3, 0.4) is 0 Å². The van der Waals surface area contributed by atoms with Crippen LogP contribution in [0.2, 0.25) is 5.04 Å². The second-order valence-corrected chi connectivity index (χ2v) is 23.1. The van der Waals surface area contributed by atoms with Gasteiger partial charge in [0.05, 0.1) is 19.3 Å². The summed E-state index contributed by atoms with van der Waals surface area (Å²) >= 11 is 0.802. The van der Waals surface area contributed by atoms with Crippen LogP contribution >= 0.6 is 11.3 Å². The highest BCUT2D eigenvalue weighted by Crippen LogP contribution is 2.46. The summed E-state index contributed by atoms with van der Waals surface area (Å²) in [6.07, 6.45) is -1.00. The number of rotatable bonds is 16. The van der Waals surface area contributed by atoms with Gasteiger partial charge in [-0.25, -0.2) is 0 Å². The Balaban J connectivity index is 1.25. The number of carbonyl (C=O) groups is 1. The van der Waals surface area contributed by atoms with Gasteiger partial charge in [-0.05, 0) is 63.0 Å². The van der Waals surface area contributed by atoms with Gasteiger partial charge in [0.1, 0.15) is 22.2 Å². The number of nitrogens with zero attached hydrogens (tertiary/aromatic N) is 2. The normalized spacial score (nSPS) is 17.7. The number of ether oxygens (including phenoxy) is 2. The lowest BCUT2D eigenvalue weighted by atomic mass is 9.77. The maximum absolute atomic E-state index is 14.4. The summed E-state index contributed by atoms with van der Waals surface area (Å²) in [6, 6.07) is 48.4. The molecule has 0 radical (unpaired) electrons. The molecule has 3 heterocycles. The van der Waals surface area contributed by atoms with Crippen molar-refractivity contribution in [1.82, 2.24) is 14.5 Å². The first-order chi connectivity index (χ1) is 31.3. The SMILES string of the molecule is CC[C@H](O[Si](c1ccccc1)(c1ccccc1)C(C)(C)C)[C@@H]1C[C@@H]([C@H](C)CC(=O)O)[C@H](n2c(=O)sc3c(=O)[nH]c(NC(c4ccccc4)(c4ccccc4)c4ccc(OC)cc4)nc32)O1. The Hall–Kier alpha value is -6.12. The molecule has 13 heteroatoms. The van der Waals surface area contributed by atoms with E-state index >= 15 is 0 Å². The van der Waals surface area contributed by atoms with Crippen molar-refractivity contribution in [3.8, 4) is 5.75 Å². The van der Waals surface area contributed by atoms with Crippen molar-refractivity contribution in [2.24, 2.45) is 11.8 Å². The quantitative estimate of drug-likeness (QED) is 0.0640. The lowest BCUT2D eigenvalue weighted by Crippen LogP contribution is -2.68. The summed E-state index contributed by atoms with van der Waals surface area (Å²) < 4.78 is 21.9. The Bertz CT molecular complexity index is 2750. The first-order valence-electron chi connectivity index (χ1n) is 22.2. The molecule has 0 unspecified atom stereocenters. The highest BCUT2D eigenvalue weighted by molar-refractivity contribution is 7.16. The number of H-pyrrole nitrogens is 1. The minimum absolute atomic E-state index is 0.128. The van der Waals surface area contributed by atoms with Gasteiger partial charge in [-0.2, -0.15) is 4.98 Å². The van der Waals surface area contributed by atoms with E-state index in [0.717, 1.165) is 38.4 Å². The number of thiazole rings is 1. The Morgan fingerprint density at radius 2 is 1.38 bits per heavy atom. The van der Waals surface area contributed by atoms with Crippen molar-refractivity contribution in [3.63, 3.8) is 0 Å². The molecule has 1 aliphatic heterocycles. The van der Waals surface area contributed by atoms with Gasteiger partial charge in [-0.3, -0.25) is 23.9 Å². The lowest BCUT2D eigenvalue weighted by Gasteiger charge is -2.46. The van der Waals surface area contributed by atoms with Gasteiger partial charge in [0.15, 0.2) is 5.65 Å². The molecular formula is C52H56N4O7SSi. The van der Waals surface area contributed by atoms with E-state index in [2.05, 4.69) is 86.5 Å². The summed E-state index contributed by atoms with van der Waals surface area (Å²) in [5.74, 6) is -0.983. The molecule has 1 saturated heterocycles. The minimum atomic E-state index is -3.06. The predicted molar refractivity (Wildman–Crippen MR) is 260 cm³/mol. The molecular weight excluding hydrogens is 853 g/mol. The number of aromatic amines is 1. The maximum atomic E-state index is 14.4. The summed E-state index contributed by atoms with van der Waals surface area (Å²) in [7, 11) is -1.44. The first-order valence-corrected chi connectivity index (χ1v) is 24.9. The zero-order valence-electron chi connectivity index (χ0n) is 37.6. The van der Waals surface area contributed by atoms with Gasteiger partial charge < -0.3 is 24.3 Å². The van der Waals surface area contributed by atoms with Gasteiger partial charge >= 0.3 is 10.8 Å². The van der Waals surface area contributed by atoms with E-state index in [1.165, 1.54) is 4.57 Å². The Morgan fingerprint density at radius 1 is 0.862 bits per heavy atom. The number of aromatic nitrogens is 3. The number of benzene rings is 5. The largest absolute Gasteiger partial charge is 0.497 e. The van der Waals surface area contributed by atoms with Crippen LogP contribution in [0.15, 0.2) is 155 Å². The molecule has 0 amide bonds. The third kappa shape index (κ3) is 8.61. The third-order valence-corrected chi connectivity index (χ3v) is 18.9. The fourth-order valence-electron chi connectivity index (χ4n) is 9.82. The van der Waals surface area contributed by atoms with Crippen molar-refractivity contribution in [2.45, 2.75) is 82.9 Å². The van der Waals surface area contributed by atoms with E-state index < -0.39 is 60.5 Å². The molecule has 0 aliphatic carbocycles. The smallest absolute Gasteiger partial charge is 0.311 e.